The summed E-state index contributed by atoms with van der Waals surface area (Å²) in [5, 5.41) is 16.9. The Morgan fingerprint density at radius 3 is 2.61 bits per heavy atom. The fraction of sp³-hybridized carbons (Fsp3) is 0.375. The minimum Gasteiger partial charge on any atom is -0.487 e. The molecule has 3 aromatic rings. The molecule has 3 aromatic heterocycles. The molecule has 3 heterocycles. The first kappa shape index (κ1) is 23.2. The summed E-state index contributed by atoms with van der Waals surface area (Å²) >= 11 is 5.83. The van der Waals surface area contributed by atoms with Gasteiger partial charge in [0.1, 0.15) is 18.2 Å². The van der Waals surface area contributed by atoms with Gasteiger partial charge in [0.2, 0.25) is 0 Å². The Bertz CT molecular complexity index is 1080. The van der Waals surface area contributed by atoms with E-state index in [2.05, 4.69) is 20.6 Å². The van der Waals surface area contributed by atoms with Crippen LogP contribution in [0.3, 0.4) is 0 Å². The van der Waals surface area contributed by atoms with Gasteiger partial charge in [-0.1, -0.05) is 11.6 Å². The quantitative estimate of drug-likeness (QED) is 0.414. The molecule has 0 bridgehead atoms. The van der Waals surface area contributed by atoms with Crippen molar-refractivity contribution >= 4 is 17.4 Å². The predicted octanol–water partition coefficient (Wildman–Crippen LogP) is 3.16. The highest BCUT2D eigenvalue weighted by atomic mass is 35.5. The lowest BCUT2D eigenvalue weighted by Crippen LogP contribution is -2.37. The van der Waals surface area contributed by atoms with E-state index in [0.717, 1.165) is 50.3 Å². The van der Waals surface area contributed by atoms with Crippen LogP contribution < -0.4 is 20.9 Å². The zero-order valence-electron chi connectivity index (χ0n) is 18.3. The molecule has 3 N–H and O–H groups in total. The topological polar surface area (TPSA) is 101 Å². The van der Waals surface area contributed by atoms with Gasteiger partial charge in [-0.25, -0.2) is 4.98 Å². The van der Waals surface area contributed by atoms with Crippen molar-refractivity contribution in [1.29, 1.82) is 0 Å². The number of hydrogen-bond donors (Lipinski definition) is 3. The minimum absolute atomic E-state index is 0.133. The van der Waals surface area contributed by atoms with Gasteiger partial charge in [0.15, 0.2) is 0 Å². The van der Waals surface area contributed by atoms with Gasteiger partial charge in [-0.3, -0.25) is 14.3 Å². The molecule has 0 spiro atoms. The van der Waals surface area contributed by atoms with Crippen LogP contribution >= 0.6 is 11.6 Å². The average Bonchev–Trinajstić information content (AvgIpc) is 2.83. The molecule has 0 unspecified atom stereocenters. The number of rotatable bonds is 9. The van der Waals surface area contributed by atoms with Crippen LogP contribution in [0.4, 0.5) is 5.82 Å². The van der Waals surface area contributed by atoms with E-state index in [1.807, 2.05) is 12.1 Å². The molecule has 0 radical (unpaired) electrons. The molecule has 0 amide bonds. The summed E-state index contributed by atoms with van der Waals surface area (Å²) < 4.78 is 7.18. The Hall–Kier alpha value is -2.94. The molecule has 1 saturated carbocycles. The SMILES string of the molecule is O=c1cc(OCc2ccc(Cl)cn2)ccn1-c1ccc(NCCNC2CCC(O)CC2)nc1. The average molecular weight is 470 g/mol. The second kappa shape index (κ2) is 11.3. The van der Waals surface area contributed by atoms with Crippen molar-refractivity contribution in [2.75, 3.05) is 18.4 Å². The van der Waals surface area contributed by atoms with Gasteiger partial charge >= 0.3 is 0 Å². The standard InChI is InChI=1S/C24H28ClN5O3/c25-17-1-2-19(28-14-17)16-33-22-9-12-30(24(32)13-22)20-5-8-23(29-15-20)27-11-10-26-18-3-6-21(31)7-4-18/h1-2,5,8-9,12-15,18,21,26,31H,3-4,6-7,10-11,16H2,(H,27,29). The van der Waals surface area contributed by atoms with Crippen molar-refractivity contribution in [3.05, 3.63) is 76.1 Å². The minimum atomic E-state index is -0.208. The van der Waals surface area contributed by atoms with Crippen LogP contribution in [0.2, 0.25) is 5.02 Å². The summed E-state index contributed by atoms with van der Waals surface area (Å²) in [6, 6.07) is 10.9. The van der Waals surface area contributed by atoms with Crippen molar-refractivity contribution in [3.8, 4) is 11.4 Å². The number of nitrogens with zero attached hydrogens (tertiary/aromatic N) is 3. The number of hydrogen-bond acceptors (Lipinski definition) is 7. The number of aromatic nitrogens is 3. The number of halogens is 1. The summed E-state index contributed by atoms with van der Waals surface area (Å²) in [6.45, 7) is 1.83. The van der Waals surface area contributed by atoms with Gasteiger partial charge in [0.05, 0.1) is 28.7 Å². The summed E-state index contributed by atoms with van der Waals surface area (Å²) in [5.41, 5.74) is 1.19. The number of nitrogens with one attached hydrogen (secondary N) is 2. The van der Waals surface area contributed by atoms with Crippen LogP contribution in [0.1, 0.15) is 31.4 Å². The number of ether oxygens (including phenoxy) is 1. The highest BCUT2D eigenvalue weighted by molar-refractivity contribution is 6.30. The molecular formula is C24H28ClN5O3. The number of pyridine rings is 3. The summed E-state index contributed by atoms with van der Waals surface area (Å²) in [7, 11) is 0. The molecule has 33 heavy (non-hydrogen) atoms. The first-order valence-electron chi connectivity index (χ1n) is 11.1. The highest BCUT2D eigenvalue weighted by Gasteiger charge is 2.18. The molecule has 8 nitrogen and oxygen atoms in total. The molecular weight excluding hydrogens is 442 g/mol. The normalized spacial score (nSPS) is 18.1. The van der Waals surface area contributed by atoms with Crippen molar-refractivity contribution in [2.24, 2.45) is 0 Å². The maximum Gasteiger partial charge on any atom is 0.258 e. The van der Waals surface area contributed by atoms with E-state index >= 15 is 0 Å². The maximum absolute atomic E-state index is 12.5. The van der Waals surface area contributed by atoms with Crippen LogP contribution in [0, 0.1) is 0 Å². The monoisotopic (exact) mass is 469 g/mol. The van der Waals surface area contributed by atoms with Gasteiger partial charge < -0.3 is 20.5 Å². The van der Waals surface area contributed by atoms with Crippen molar-refractivity contribution in [2.45, 2.75) is 44.4 Å². The highest BCUT2D eigenvalue weighted by Crippen LogP contribution is 2.18. The number of aliphatic hydroxyl groups excluding tert-OH is 1. The zero-order chi connectivity index (χ0) is 23.0. The molecule has 1 aliphatic rings. The van der Waals surface area contributed by atoms with Gasteiger partial charge in [0, 0.05) is 37.6 Å². The summed E-state index contributed by atoms with van der Waals surface area (Å²) in [4.78, 5) is 21.1. The van der Waals surface area contributed by atoms with E-state index in [1.54, 1.807) is 36.8 Å². The molecule has 1 fully saturated rings. The van der Waals surface area contributed by atoms with Gasteiger partial charge in [0.25, 0.3) is 5.56 Å². The fourth-order valence-electron chi connectivity index (χ4n) is 3.79. The third kappa shape index (κ3) is 6.77. The maximum atomic E-state index is 12.5. The fourth-order valence-corrected chi connectivity index (χ4v) is 3.90. The van der Waals surface area contributed by atoms with Crippen LogP contribution in [-0.2, 0) is 6.61 Å². The van der Waals surface area contributed by atoms with Crippen molar-refractivity contribution in [1.82, 2.24) is 19.9 Å². The first-order valence-corrected chi connectivity index (χ1v) is 11.5. The zero-order valence-corrected chi connectivity index (χ0v) is 19.0. The lowest BCUT2D eigenvalue weighted by Gasteiger charge is -2.26. The van der Waals surface area contributed by atoms with Crippen LogP contribution in [-0.4, -0.2) is 44.9 Å². The predicted molar refractivity (Wildman–Crippen MR) is 128 cm³/mol. The van der Waals surface area contributed by atoms with Crippen molar-refractivity contribution < 1.29 is 9.84 Å². The molecule has 0 atom stereocenters. The van der Waals surface area contributed by atoms with Gasteiger partial charge in [-0.05, 0) is 56.0 Å². The van der Waals surface area contributed by atoms with Gasteiger partial charge in [-0.15, -0.1) is 0 Å². The Balaban J connectivity index is 1.26. The van der Waals surface area contributed by atoms with Crippen LogP contribution in [0.15, 0.2) is 59.8 Å². The Morgan fingerprint density at radius 1 is 1.06 bits per heavy atom. The van der Waals surface area contributed by atoms with E-state index in [1.165, 1.54) is 10.6 Å². The lowest BCUT2D eigenvalue weighted by atomic mass is 9.93. The second-order valence-corrected chi connectivity index (χ2v) is 8.55. The molecule has 9 heteroatoms. The Morgan fingerprint density at radius 2 is 1.91 bits per heavy atom. The molecule has 0 aliphatic heterocycles. The molecule has 0 aromatic carbocycles. The van der Waals surface area contributed by atoms with E-state index in [0.29, 0.717) is 22.5 Å². The van der Waals surface area contributed by atoms with Gasteiger partial charge in [-0.2, -0.15) is 0 Å². The Labute approximate surface area is 197 Å². The smallest absolute Gasteiger partial charge is 0.258 e. The Kier molecular flexibility index (Phi) is 7.93. The third-order valence-electron chi connectivity index (χ3n) is 5.65. The first-order chi connectivity index (χ1) is 16.1. The van der Waals surface area contributed by atoms with E-state index in [4.69, 9.17) is 16.3 Å². The lowest BCUT2D eigenvalue weighted by molar-refractivity contribution is 0.117. The van der Waals surface area contributed by atoms with Crippen LogP contribution in [0.25, 0.3) is 5.69 Å². The largest absolute Gasteiger partial charge is 0.487 e. The summed E-state index contributed by atoms with van der Waals surface area (Å²) in [6.07, 6.45) is 8.55. The molecule has 0 saturated heterocycles. The molecule has 4 rings (SSSR count). The van der Waals surface area contributed by atoms with E-state index in [-0.39, 0.29) is 18.3 Å². The van der Waals surface area contributed by atoms with Crippen molar-refractivity contribution in [3.63, 3.8) is 0 Å². The number of anilines is 1. The molecule has 1 aliphatic carbocycles. The molecule has 174 valence electrons. The number of aliphatic hydroxyl groups is 1. The second-order valence-electron chi connectivity index (χ2n) is 8.12. The third-order valence-corrected chi connectivity index (χ3v) is 5.88. The van der Waals surface area contributed by atoms with E-state index in [9.17, 15) is 9.90 Å². The van der Waals surface area contributed by atoms with E-state index < -0.39 is 0 Å². The van der Waals surface area contributed by atoms with Crippen LogP contribution in [0.5, 0.6) is 5.75 Å². The summed E-state index contributed by atoms with van der Waals surface area (Å²) in [5.74, 6) is 1.22.